The van der Waals surface area contributed by atoms with Gasteiger partial charge in [0, 0.05) is 5.56 Å². The van der Waals surface area contributed by atoms with Gasteiger partial charge in [-0.1, -0.05) is 39.3 Å². The Kier molecular flexibility index (Phi) is 5.39. The maximum atomic E-state index is 11.4. The van der Waals surface area contributed by atoms with Crippen LogP contribution in [-0.2, 0) is 0 Å². The third-order valence-electron chi connectivity index (χ3n) is 3.62. The quantitative estimate of drug-likeness (QED) is 0.696. The van der Waals surface area contributed by atoms with Crippen molar-refractivity contribution in [3.8, 4) is 5.75 Å². The van der Waals surface area contributed by atoms with Crippen molar-refractivity contribution in [2.24, 2.45) is 5.92 Å². The van der Waals surface area contributed by atoms with Crippen molar-refractivity contribution < 1.29 is 9.53 Å². The summed E-state index contributed by atoms with van der Waals surface area (Å²) < 4.78 is 5.42. The van der Waals surface area contributed by atoms with Gasteiger partial charge in [-0.3, -0.25) is 4.79 Å². The Hall–Kier alpha value is -1.31. The summed E-state index contributed by atoms with van der Waals surface area (Å²) >= 11 is 0. The van der Waals surface area contributed by atoms with Gasteiger partial charge in [0.15, 0.2) is 5.78 Å². The van der Waals surface area contributed by atoms with Crippen molar-refractivity contribution in [2.75, 3.05) is 7.11 Å². The third kappa shape index (κ3) is 3.59. The van der Waals surface area contributed by atoms with Crippen LogP contribution in [0.1, 0.15) is 62.4 Å². The third-order valence-corrected chi connectivity index (χ3v) is 3.62. The van der Waals surface area contributed by atoms with E-state index in [4.69, 9.17) is 4.74 Å². The Morgan fingerprint density at radius 3 is 2.50 bits per heavy atom. The van der Waals surface area contributed by atoms with Crippen molar-refractivity contribution >= 4 is 5.78 Å². The number of carbonyl (C=O) groups excluding carboxylic acids is 1. The van der Waals surface area contributed by atoms with Crippen LogP contribution in [-0.4, -0.2) is 12.9 Å². The minimum Gasteiger partial charge on any atom is -0.496 e. The van der Waals surface area contributed by atoms with Crippen LogP contribution < -0.4 is 4.74 Å². The number of Topliss-reactive ketones (excluding diaryl/α,β-unsaturated/α-hetero) is 1. The minimum absolute atomic E-state index is 0.0782. The smallest absolute Gasteiger partial charge is 0.159 e. The summed E-state index contributed by atoms with van der Waals surface area (Å²) in [6.07, 6.45) is 2.34. The molecule has 100 valence electrons. The van der Waals surface area contributed by atoms with E-state index in [0.717, 1.165) is 12.2 Å². The van der Waals surface area contributed by atoms with Gasteiger partial charge in [0.2, 0.25) is 0 Å². The van der Waals surface area contributed by atoms with E-state index in [1.807, 2.05) is 18.2 Å². The van der Waals surface area contributed by atoms with Crippen LogP contribution in [0, 0.1) is 5.92 Å². The van der Waals surface area contributed by atoms with E-state index >= 15 is 0 Å². The minimum atomic E-state index is 0.0782. The predicted octanol–water partition coefficient (Wildman–Crippen LogP) is 4.44. The van der Waals surface area contributed by atoms with Crippen LogP contribution >= 0.6 is 0 Å². The number of methoxy groups -OCH3 is 1. The molecule has 1 aromatic carbocycles. The lowest BCUT2D eigenvalue weighted by Gasteiger charge is -2.19. The van der Waals surface area contributed by atoms with Gasteiger partial charge >= 0.3 is 0 Å². The first-order valence-corrected chi connectivity index (χ1v) is 6.68. The van der Waals surface area contributed by atoms with Gasteiger partial charge < -0.3 is 4.74 Å². The lowest BCUT2D eigenvalue weighted by molar-refractivity contribution is 0.101. The zero-order valence-corrected chi connectivity index (χ0v) is 12.1. The molecule has 0 spiro atoms. The Bertz CT molecular complexity index is 410. The van der Waals surface area contributed by atoms with Crippen molar-refractivity contribution in [1.82, 2.24) is 0 Å². The van der Waals surface area contributed by atoms with E-state index in [1.165, 1.54) is 12.0 Å². The van der Waals surface area contributed by atoms with Crippen LogP contribution in [0.15, 0.2) is 18.2 Å². The van der Waals surface area contributed by atoms with Crippen LogP contribution in [0.25, 0.3) is 0 Å². The average Bonchev–Trinajstić information content (AvgIpc) is 2.37. The molecular formula is C16H24O2. The molecule has 1 aromatic rings. The van der Waals surface area contributed by atoms with Crippen LogP contribution in [0.4, 0.5) is 0 Å². The number of ketones is 1. The van der Waals surface area contributed by atoms with Gasteiger partial charge in [-0.15, -0.1) is 0 Å². The molecule has 0 N–H and O–H groups in total. The summed E-state index contributed by atoms with van der Waals surface area (Å²) in [5.74, 6) is 2.07. The molecular weight excluding hydrogens is 224 g/mol. The Morgan fingerprint density at radius 2 is 2.00 bits per heavy atom. The van der Waals surface area contributed by atoms with Crippen molar-refractivity contribution in [3.05, 3.63) is 29.3 Å². The molecule has 0 aliphatic heterocycles. The fourth-order valence-corrected chi connectivity index (χ4v) is 2.23. The molecule has 2 unspecified atom stereocenters. The summed E-state index contributed by atoms with van der Waals surface area (Å²) in [6.45, 7) is 8.29. The van der Waals surface area contributed by atoms with E-state index in [1.54, 1.807) is 14.0 Å². The first-order valence-electron chi connectivity index (χ1n) is 6.68. The highest BCUT2D eigenvalue weighted by Crippen LogP contribution is 2.32. The molecule has 0 saturated carbocycles. The Labute approximate surface area is 110 Å². The van der Waals surface area contributed by atoms with Gasteiger partial charge in [-0.2, -0.15) is 0 Å². The molecule has 2 nitrogen and oxygen atoms in total. The first-order chi connectivity index (χ1) is 8.49. The molecule has 0 aliphatic rings. The standard InChI is InChI=1S/C16H24O2/c1-6-11(2)9-12(3)15-8-7-14(13(4)17)10-16(15)18-5/h7-8,10-12H,6,9H2,1-5H3. The summed E-state index contributed by atoms with van der Waals surface area (Å²) in [5.41, 5.74) is 1.91. The first kappa shape index (κ1) is 14.7. The number of hydrogen-bond donors (Lipinski definition) is 0. The second-order valence-corrected chi connectivity index (χ2v) is 5.16. The van der Waals surface area contributed by atoms with Crippen molar-refractivity contribution in [2.45, 2.75) is 46.5 Å². The predicted molar refractivity (Wildman–Crippen MR) is 75.5 cm³/mol. The highest BCUT2D eigenvalue weighted by atomic mass is 16.5. The van der Waals surface area contributed by atoms with E-state index in [-0.39, 0.29) is 5.78 Å². The van der Waals surface area contributed by atoms with Gasteiger partial charge in [0.05, 0.1) is 7.11 Å². The molecule has 18 heavy (non-hydrogen) atoms. The molecule has 0 aliphatic carbocycles. The monoisotopic (exact) mass is 248 g/mol. The maximum Gasteiger partial charge on any atom is 0.159 e. The largest absolute Gasteiger partial charge is 0.496 e. The lowest BCUT2D eigenvalue weighted by Crippen LogP contribution is -2.04. The number of carbonyl (C=O) groups is 1. The average molecular weight is 248 g/mol. The Morgan fingerprint density at radius 1 is 1.33 bits per heavy atom. The molecule has 0 aromatic heterocycles. The molecule has 0 bridgehead atoms. The van der Waals surface area contributed by atoms with Gasteiger partial charge in [-0.05, 0) is 36.8 Å². The van der Waals surface area contributed by atoms with Crippen LogP contribution in [0.5, 0.6) is 5.75 Å². The van der Waals surface area contributed by atoms with Crippen molar-refractivity contribution in [1.29, 1.82) is 0 Å². The zero-order chi connectivity index (χ0) is 13.7. The molecule has 2 atom stereocenters. The van der Waals surface area contributed by atoms with Crippen LogP contribution in [0.2, 0.25) is 0 Å². The summed E-state index contributed by atoms with van der Waals surface area (Å²) in [4.78, 5) is 11.4. The fraction of sp³-hybridized carbons (Fsp3) is 0.562. The molecule has 1 rings (SSSR count). The van der Waals surface area contributed by atoms with Crippen molar-refractivity contribution in [3.63, 3.8) is 0 Å². The highest BCUT2D eigenvalue weighted by molar-refractivity contribution is 5.94. The van der Waals surface area contributed by atoms with E-state index in [0.29, 0.717) is 17.4 Å². The number of ether oxygens (including phenoxy) is 1. The van der Waals surface area contributed by atoms with E-state index in [2.05, 4.69) is 20.8 Å². The molecule has 0 amide bonds. The van der Waals surface area contributed by atoms with Gasteiger partial charge in [-0.25, -0.2) is 0 Å². The Balaban J connectivity index is 2.98. The normalized spacial score (nSPS) is 14.1. The van der Waals surface area contributed by atoms with E-state index in [9.17, 15) is 4.79 Å². The molecule has 0 fully saturated rings. The zero-order valence-electron chi connectivity index (χ0n) is 12.1. The topological polar surface area (TPSA) is 26.3 Å². The summed E-state index contributed by atoms with van der Waals surface area (Å²) in [7, 11) is 1.67. The summed E-state index contributed by atoms with van der Waals surface area (Å²) in [6, 6.07) is 5.78. The fourth-order valence-electron chi connectivity index (χ4n) is 2.23. The van der Waals surface area contributed by atoms with E-state index < -0.39 is 0 Å². The second kappa shape index (κ2) is 6.58. The SMILES string of the molecule is CCC(C)CC(C)c1ccc(C(C)=O)cc1OC. The van der Waals surface area contributed by atoms with Gasteiger partial charge in [0.25, 0.3) is 0 Å². The highest BCUT2D eigenvalue weighted by Gasteiger charge is 2.15. The molecule has 0 radical (unpaired) electrons. The number of hydrogen-bond acceptors (Lipinski definition) is 2. The maximum absolute atomic E-state index is 11.4. The summed E-state index contributed by atoms with van der Waals surface area (Å²) in [5, 5.41) is 0. The lowest BCUT2D eigenvalue weighted by atomic mass is 9.88. The molecule has 0 saturated heterocycles. The molecule has 0 heterocycles. The second-order valence-electron chi connectivity index (χ2n) is 5.16. The molecule has 2 heteroatoms. The number of benzene rings is 1. The van der Waals surface area contributed by atoms with Crippen LogP contribution in [0.3, 0.4) is 0 Å². The number of rotatable bonds is 6. The van der Waals surface area contributed by atoms with Gasteiger partial charge in [0.1, 0.15) is 5.75 Å².